The van der Waals surface area contributed by atoms with E-state index in [9.17, 15) is 5.26 Å². The van der Waals surface area contributed by atoms with E-state index in [0.29, 0.717) is 5.02 Å². The number of rotatable bonds is 3. The number of benzene rings is 1. The summed E-state index contributed by atoms with van der Waals surface area (Å²) >= 11 is 5.94. The molecule has 1 atom stereocenters. The summed E-state index contributed by atoms with van der Waals surface area (Å²) < 4.78 is 1.79. The fourth-order valence-corrected chi connectivity index (χ4v) is 2.31. The lowest BCUT2D eigenvalue weighted by Crippen LogP contribution is -2.10. The minimum atomic E-state index is -0.438. The van der Waals surface area contributed by atoms with Gasteiger partial charge in [-0.25, -0.2) is 0 Å². The highest BCUT2D eigenvalue weighted by atomic mass is 35.5. The number of aryl methyl sites for hydroxylation is 2. The van der Waals surface area contributed by atoms with Crippen LogP contribution in [0.2, 0.25) is 5.02 Å². The highest BCUT2D eigenvalue weighted by Crippen LogP contribution is 2.25. The van der Waals surface area contributed by atoms with Crippen LogP contribution in [-0.2, 0) is 7.05 Å². The van der Waals surface area contributed by atoms with Crippen LogP contribution >= 0.6 is 11.6 Å². The van der Waals surface area contributed by atoms with Crippen molar-refractivity contribution in [2.45, 2.75) is 19.9 Å². The highest BCUT2D eigenvalue weighted by Gasteiger charge is 2.19. The molecule has 1 aromatic heterocycles. The molecule has 1 unspecified atom stereocenters. The van der Waals surface area contributed by atoms with Crippen LogP contribution in [0.15, 0.2) is 24.3 Å². The molecule has 0 radical (unpaired) electrons. The molecule has 1 N–H and O–H groups in total. The maximum absolute atomic E-state index is 9.39. The molecule has 1 heterocycles. The van der Waals surface area contributed by atoms with Gasteiger partial charge in [-0.1, -0.05) is 17.7 Å². The van der Waals surface area contributed by atoms with Crippen LogP contribution in [0, 0.1) is 25.2 Å². The Morgan fingerprint density at radius 2 is 2.16 bits per heavy atom. The van der Waals surface area contributed by atoms with Gasteiger partial charge in [-0.2, -0.15) is 10.4 Å². The zero-order valence-electron chi connectivity index (χ0n) is 11.1. The zero-order valence-corrected chi connectivity index (χ0v) is 11.9. The number of halogens is 1. The van der Waals surface area contributed by atoms with Crippen molar-refractivity contribution in [2.75, 3.05) is 5.32 Å². The molecule has 0 aliphatic heterocycles. The summed E-state index contributed by atoms with van der Waals surface area (Å²) in [4.78, 5) is 0. The molecular weight excluding hydrogens is 260 g/mol. The van der Waals surface area contributed by atoms with Gasteiger partial charge in [-0.05, 0) is 32.0 Å². The molecule has 4 nitrogen and oxygen atoms in total. The summed E-state index contributed by atoms with van der Waals surface area (Å²) in [5.74, 6) is 0. The molecular formula is C14H15ClN4. The van der Waals surface area contributed by atoms with Gasteiger partial charge >= 0.3 is 0 Å². The fraction of sp³-hybridized carbons (Fsp3) is 0.286. The number of anilines is 1. The fourth-order valence-electron chi connectivity index (χ4n) is 2.12. The molecule has 0 fully saturated rings. The van der Waals surface area contributed by atoms with Crippen molar-refractivity contribution in [3.8, 4) is 6.07 Å². The van der Waals surface area contributed by atoms with E-state index >= 15 is 0 Å². The first kappa shape index (κ1) is 13.4. The van der Waals surface area contributed by atoms with Crippen LogP contribution in [0.25, 0.3) is 0 Å². The number of aromatic nitrogens is 2. The molecule has 0 aliphatic carbocycles. The summed E-state index contributed by atoms with van der Waals surface area (Å²) in [6.45, 7) is 3.87. The molecule has 2 rings (SSSR count). The molecule has 1 aromatic carbocycles. The number of nitriles is 1. The lowest BCUT2D eigenvalue weighted by Gasteiger charge is -2.14. The molecule has 0 saturated heterocycles. The summed E-state index contributed by atoms with van der Waals surface area (Å²) in [6.07, 6.45) is 0. The molecule has 19 heavy (non-hydrogen) atoms. The number of nitrogens with one attached hydrogen (secondary N) is 1. The molecule has 0 saturated carbocycles. The van der Waals surface area contributed by atoms with Crippen molar-refractivity contribution >= 4 is 17.3 Å². The van der Waals surface area contributed by atoms with E-state index in [1.807, 2.05) is 33.0 Å². The summed E-state index contributed by atoms with van der Waals surface area (Å²) in [5.41, 5.74) is 3.59. The van der Waals surface area contributed by atoms with Gasteiger partial charge in [0.25, 0.3) is 0 Å². The predicted octanol–water partition coefficient (Wildman–Crippen LogP) is 3.37. The number of hydrogen-bond donors (Lipinski definition) is 1. The standard InChI is InChI=1S/C14H15ClN4/c1-9-14(10(2)19(3)18-9)13(8-16)17-12-6-4-5-11(15)7-12/h4-7,13,17H,1-3H3. The largest absolute Gasteiger partial charge is 0.366 e. The lowest BCUT2D eigenvalue weighted by molar-refractivity contribution is 0.729. The van der Waals surface area contributed by atoms with E-state index in [2.05, 4.69) is 16.5 Å². The van der Waals surface area contributed by atoms with E-state index in [-0.39, 0.29) is 0 Å². The Hall–Kier alpha value is -1.99. The number of hydrogen-bond acceptors (Lipinski definition) is 3. The summed E-state index contributed by atoms with van der Waals surface area (Å²) in [5, 5.41) is 17.5. The van der Waals surface area contributed by atoms with Crippen molar-refractivity contribution in [2.24, 2.45) is 7.05 Å². The van der Waals surface area contributed by atoms with Crippen molar-refractivity contribution < 1.29 is 0 Å². The molecule has 0 spiro atoms. The van der Waals surface area contributed by atoms with Crippen LogP contribution < -0.4 is 5.32 Å². The van der Waals surface area contributed by atoms with E-state index < -0.39 is 6.04 Å². The Morgan fingerprint density at radius 3 is 2.68 bits per heavy atom. The van der Waals surface area contributed by atoms with Gasteiger partial charge in [-0.3, -0.25) is 4.68 Å². The second-order valence-corrected chi connectivity index (χ2v) is 4.86. The highest BCUT2D eigenvalue weighted by molar-refractivity contribution is 6.30. The molecule has 0 amide bonds. The monoisotopic (exact) mass is 274 g/mol. The van der Waals surface area contributed by atoms with Gasteiger partial charge in [0.05, 0.1) is 11.8 Å². The van der Waals surface area contributed by atoms with Gasteiger partial charge in [-0.15, -0.1) is 0 Å². The Kier molecular flexibility index (Phi) is 3.77. The Balaban J connectivity index is 2.34. The Labute approximate surface area is 117 Å². The van der Waals surface area contributed by atoms with Gasteiger partial charge in [0.2, 0.25) is 0 Å². The summed E-state index contributed by atoms with van der Waals surface area (Å²) in [6, 6.07) is 9.17. The van der Waals surface area contributed by atoms with E-state index in [1.165, 1.54) is 0 Å². The van der Waals surface area contributed by atoms with Crippen molar-refractivity contribution in [1.82, 2.24) is 9.78 Å². The van der Waals surface area contributed by atoms with Gasteiger partial charge < -0.3 is 5.32 Å². The smallest absolute Gasteiger partial charge is 0.143 e. The Bertz CT molecular complexity index is 639. The van der Waals surface area contributed by atoms with E-state index in [1.54, 1.807) is 16.8 Å². The minimum absolute atomic E-state index is 0.438. The molecule has 5 heteroatoms. The first-order valence-electron chi connectivity index (χ1n) is 5.94. The van der Waals surface area contributed by atoms with Gasteiger partial charge in [0.1, 0.15) is 6.04 Å². The van der Waals surface area contributed by atoms with E-state index in [4.69, 9.17) is 11.6 Å². The predicted molar refractivity (Wildman–Crippen MR) is 76.1 cm³/mol. The van der Waals surface area contributed by atoms with Gasteiger partial charge in [0, 0.05) is 29.0 Å². The third-order valence-corrected chi connectivity index (χ3v) is 3.35. The third kappa shape index (κ3) is 2.72. The Morgan fingerprint density at radius 1 is 1.42 bits per heavy atom. The first-order valence-corrected chi connectivity index (χ1v) is 6.32. The first-order chi connectivity index (χ1) is 9.02. The maximum atomic E-state index is 9.39. The SMILES string of the molecule is Cc1nn(C)c(C)c1C(C#N)Nc1cccc(Cl)c1. The lowest BCUT2D eigenvalue weighted by atomic mass is 10.1. The third-order valence-electron chi connectivity index (χ3n) is 3.12. The zero-order chi connectivity index (χ0) is 14.0. The maximum Gasteiger partial charge on any atom is 0.143 e. The molecule has 0 aliphatic rings. The number of nitrogens with zero attached hydrogens (tertiary/aromatic N) is 3. The van der Waals surface area contributed by atoms with E-state index in [0.717, 1.165) is 22.6 Å². The van der Waals surface area contributed by atoms with Crippen molar-refractivity contribution in [1.29, 1.82) is 5.26 Å². The van der Waals surface area contributed by atoms with Gasteiger partial charge in [0.15, 0.2) is 0 Å². The second kappa shape index (κ2) is 5.33. The molecule has 2 aromatic rings. The average Bonchev–Trinajstić information content (AvgIpc) is 2.61. The van der Waals surface area contributed by atoms with Crippen molar-refractivity contribution in [3.05, 3.63) is 46.2 Å². The van der Waals surface area contributed by atoms with Crippen LogP contribution in [0.1, 0.15) is 23.0 Å². The minimum Gasteiger partial charge on any atom is -0.366 e. The van der Waals surface area contributed by atoms with Crippen LogP contribution in [0.4, 0.5) is 5.69 Å². The van der Waals surface area contributed by atoms with Crippen molar-refractivity contribution in [3.63, 3.8) is 0 Å². The topological polar surface area (TPSA) is 53.6 Å². The van der Waals surface area contributed by atoms with Crippen LogP contribution in [0.5, 0.6) is 0 Å². The van der Waals surface area contributed by atoms with Crippen LogP contribution in [0.3, 0.4) is 0 Å². The van der Waals surface area contributed by atoms with Crippen LogP contribution in [-0.4, -0.2) is 9.78 Å². The molecule has 98 valence electrons. The molecule has 0 bridgehead atoms. The second-order valence-electron chi connectivity index (χ2n) is 4.42. The summed E-state index contributed by atoms with van der Waals surface area (Å²) in [7, 11) is 1.87. The average molecular weight is 275 g/mol. The normalized spacial score (nSPS) is 11.9. The quantitative estimate of drug-likeness (QED) is 0.934.